The fraction of sp³-hybridized carbons (Fsp3) is 0.333. The maximum atomic E-state index is 11.1. The number of aromatic nitrogens is 5. The van der Waals surface area contributed by atoms with Crippen LogP contribution in [-0.2, 0) is 9.53 Å². The van der Waals surface area contributed by atoms with Crippen LogP contribution in [0.3, 0.4) is 0 Å². The Morgan fingerprint density at radius 3 is 2.67 bits per heavy atom. The summed E-state index contributed by atoms with van der Waals surface area (Å²) in [4.78, 5) is 19.6. The molecular formula is C27H29N9O2S. The summed E-state index contributed by atoms with van der Waals surface area (Å²) >= 11 is 1.50. The van der Waals surface area contributed by atoms with Gasteiger partial charge in [0.25, 0.3) is 0 Å². The normalized spacial score (nSPS) is 16.1. The number of methoxy groups -OCH3 is 1. The first kappa shape index (κ1) is 26.3. The topological polar surface area (TPSA) is 125 Å². The lowest BCUT2D eigenvalue weighted by atomic mass is 10.2. The molecule has 0 spiro atoms. The van der Waals surface area contributed by atoms with Crippen molar-refractivity contribution < 1.29 is 9.53 Å². The van der Waals surface area contributed by atoms with Gasteiger partial charge in [0, 0.05) is 50.9 Å². The molecule has 2 aliphatic rings. The molecule has 4 aromatic heterocycles. The highest BCUT2D eigenvalue weighted by molar-refractivity contribution is 7.18. The molecule has 200 valence electrons. The molecule has 1 amide bonds. The van der Waals surface area contributed by atoms with Crippen molar-refractivity contribution in [2.24, 2.45) is 0 Å². The predicted octanol–water partition coefficient (Wildman–Crippen LogP) is 4.15. The molecule has 1 N–H and O–H groups in total. The van der Waals surface area contributed by atoms with E-state index in [1.165, 1.54) is 11.3 Å². The van der Waals surface area contributed by atoms with E-state index < -0.39 is 0 Å². The second kappa shape index (κ2) is 10.4. The summed E-state index contributed by atoms with van der Waals surface area (Å²) in [5.74, 6) is 0. The Morgan fingerprint density at radius 2 is 2.03 bits per heavy atom. The summed E-state index contributed by atoms with van der Waals surface area (Å²) in [6, 6.07) is 9.89. The highest BCUT2D eigenvalue weighted by atomic mass is 32.1. The Hall–Kier alpha value is -4.34. The molecule has 0 aliphatic carbocycles. The fourth-order valence-corrected chi connectivity index (χ4v) is 5.23. The first-order valence-electron chi connectivity index (χ1n) is 12.4. The second-order valence-corrected chi connectivity index (χ2v) is 11.1. The van der Waals surface area contributed by atoms with Gasteiger partial charge in [-0.05, 0) is 45.0 Å². The molecule has 2 bridgehead atoms. The zero-order valence-corrected chi connectivity index (χ0v) is 23.2. The van der Waals surface area contributed by atoms with Gasteiger partial charge in [0.05, 0.1) is 45.9 Å². The molecule has 6 heterocycles. The summed E-state index contributed by atoms with van der Waals surface area (Å²) in [5, 5.41) is 27.1. The standard InChI is InChI=1S/C22H17N9OS.C5H12O/c1-24-18-6-19(20-3-2-14-4-13(7-23)8-26-31(14)20)25-9-17(18)21-27-28-22(33-21)30-11-15-5-16(30)10-29(15)12-32;1-5(2,3)6-4/h2-4,6,8-10,12,15H,5,11H2,1H3,(H,24,25);1-4H3. The number of amides is 1. The minimum absolute atomic E-state index is 0.0417. The number of pyridine rings is 1. The zero-order valence-electron chi connectivity index (χ0n) is 22.4. The van der Waals surface area contributed by atoms with Gasteiger partial charge in [-0.2, -0.15) is 10.4 Å². The Labute approximate surface area is 230 Å². The van der Waals surface area contributed by atoms with Crippen LogP contribution in [-0.4, -0.2) is 68.5 Å². The maximum Gasteiger partial charge on any atom is 0.214 e. The number of ether oxygens (including phenoxy) is 1. The molecule has 39 heavy (non-hydrogen) atoms. The average Bonchev–Trinajstić information content (AvgIpc) is 3.75. The molecule has 12 heteroatoms. The maximum absolute atomic E-state index is 11.1. The van der Waals surface area contributed by atoms with Gasteiger partial charge in [-0.3, -0.25) is 9.78 Å². The molecule has 6 rings (SSSR count). The Kier molecular flexibility index (Phi) is 7.03. The number of carbonyl (C=O) groups excluding carboxylic acids is 1. The molecule has 0 radical (unpaired) electrons. The minimum Gasteiger partial charge on any atom is -0.387 e. The fourth-order valence-electron chi connectivity index (χ4n) is 4.32. The van der Waals surface area contributed by atoms with Crippen molar-refractivity contribution >= 4 is 34.1 Å². The molecule has 1 saturated heterocycles. The predicted molar refractivity (Wildman–Crippen MR) is 150 cm³/mol. The van der Waals surface area contributed by atoms with Gasteiger partial charge >= 0.3 is 0 Å². The van der Waals surface area contributed by atoms with Gasteiger partial charge in [0.2, 0.25) is 11.5 Å². The monoisotopic (exact) mass is 543 g/mol. The second-order valence-electron chi connectivity index (χ2n) is 10.1. The number of carbonyl (C=O) groups is 1. The number of nitriles is 1. The van der Waals surface area contributed by atoms with Crippen LogP contribution in [0, 0.1) is 11.3 Å². The average molecular weight is 544 g/mol. The van der Waals surface area contributed by atoms with Crippen LogP contribution in [0.2, 0.25) is 0 Å². The third-order valence-electron chi connectivity index (χ3n) is 6.58. The third kappa shape index (κ3) is 5.19. The summed E-state index contributed by atoms with van der Waals surface area (Å²) in [6.45, 7) is 6.80. The van der Waals surface area contributed by atoms with Gasteiger partial charge in [0.15, 0.2) is 5.01 Å². The SMILES string of the molecule is CNc1cc(-c2ccc3cc(C#N)cnn23)ncc1-c1nnc(N2CC3CC2=CN3C=O)s1.COC(C)(C)C. The summed E-state index contributed by atoms with van der Waals surface area (Å²) in [6.07, 6.45) is 6.94. The number of nitrogens with zero attached hydrogens (tertiary/aromatic N) is 8. The molecule has 1 fully saturated rings. The largest absolute Gasteiger partial charge is 0.387 e. The van der Waals surface area contributed by atoms with Crippen LogP contribution >= 0.6 is 11.3 Å². The molecule has 0 saturated carbocycles. The highest BCUT2D eigenvalue weighted by Gasteiger charge is 2.38. The number of hydrogen-bond donors (Lipinski definition) is 1. The van der Waals surface area contributed by atoms with Gasteiger partial charge in [-0.1, -0.05) is 11.3 Å². The van der Waals surface area contributed by atoms with E-state index in [-0.39, 0.29) is 11.6 Å². The first-order chi connectivity index (χ1) is 18.7. The van der Waals surface area contributed by atoms with E-state index in [4.69, 9.17) is 10.00 Å². The van der Waals surface area contributed by atoms with E-state index in [0.29, 0.717) is 5.56 Å². The van der Waals surface area contributed by atoms with Gasteiger partial charge in [0.1, 0.15) is 6.07 Å². The molecule has 2 aliphatic heterocycles. The van der Waals surface area contributed by atoms with E-state index in [1.54, 1.807) is 35.0 Å². The summed E-state index contributed by atoms with van der Waals surface area (Å²) in [5.41, 5.74) is 5.79. The van der Waals surface area contributed by atoms with E-state index in [2.05, 4.69) is 36.6 Å². The van der Waals surface area contributed by atoms with Gasteiger partial charge in [-0.15, -0.1) is 10.2 Å². The van der Waals surface area contributed by atoms with E-state index >= 15 is 0 Å². The van der Waals surface area contributed by atoms with Crippen LogP contribution < -0.4 is 10.2 Å². The Morgan fingerprint density at radius 1 is 1.23 bits per heavy atom. The Balaban J connectivity index is 0.000000465. The molecule has 1 atom stereocenters. The van der Waals surface area contributed by atoms with Crippen molar-refractivity contribution in [1.82, 2.24) is 29.7 Å². The van der Waals surface area contributed by atoms with Crippen molar-refractivity contribution in [1.29, 1.82) is 5.26 Å². The van der Waals surface area contributed by atoms with Crippen molar-refractivity contribution in [2.75, 3.05) is 30.9 Å². The quantitative estimate of drug-likeness (QED) is 0.370. The lowest BCUT2D eigenvalue weighted by Crippen LogP contribution is -2.35. The Bertz CT molecular complexity index is 1590. The molecule has 11 nitrogen and oxygen atoms in total. The van der Waals surface area contributed by atoms with Crippen LogP contribution in [0.15, 0.2) is 48.6 Å². The summed E-state index contributed by atoms with van der Waals surface area (Å²) in [7, 11) is 3.57. The van der Waals surface area contributed by atoms with Crippen molar-refractivity contribution in [2.45, 2.75) is 38.8 Å². The highest BCUT2D eigenvalue weighted by Crippen LogP contribution is 2.40. The van der Waals surface area contributed by atoms with Crippen molar-refractivity contribution in [3.63, 3.8) is 0 Å². The third-order valence-corrected chi connectivity index (χ3v) is 7.56. The van der Waals surface area contributed by atoms with Gasteiger partial charge < -0.3 is 19.9 Å². The molecule has 1 unspecified atom stereocenters. The number of fused-ring (bicyclic) bond motifs is 3. The number of nitrogens with one attached hydrogen (secondary N) is 1. The zero-order chi connectivity index (χ0) is 27.7. The lowest BCUT2D eigenvalue weighted by Gasteiger charge is -2.24. The van der Waals surface area contributed by atoms with Crippen LogP contribution in [0.5, 0.6) is 0 Å². The van der Waals surface area contributed by atoms with Crippen LogP contribution in [0.4, 0.5) is 10.8 Å². The van der Waals surface area contributed by atoms with Crippen molar-refractivity contribution in [3.05, 3.63) is 54.1 Å². The van der Waals surface area contributed by atoms with Gasteiger partial charge in [-0.25, -0.2) is 4.52 Å². The number of rotatable bonds is 5. The van der Waals surface area contributed by atoms with E-state index in [9.17, 15) is 4.79 Å². The smallest absolute Gasteiger partial charge is 0.214 e. The van der Waals surface area contributed by atoms with Crippen molar-refractivity contribution in [3.8, 4) is 28.0 Å². The minimum atomic E-state index is 0.0417. The van der Waals surface area contributed by atoms with Crippen LogP contribution in [0.1, 0.15) is 32.8 Å². The van der Waals surface area contributed by atoms with E-state index in [1.807, 2.05) is 52.2 Å². The number of hydrogen-bond acceptors (Lipinski definition) is 10. The number of anilines is 2. The lowest BCUT2D eigenvalue weighted by molar-refractivity contribution is -0.116. The first-order valence-corrected chi connectivity index (χ1v) is 13.2. The summed E-state index contributed by atoms with van der Waals surface area (Å²) < 4.78 is 6.71. The molecule has 0 aromatic carbocycles. The molecular weight excluding hydrogens is 514 g/mol. The van der Waals surface area contributed by atoms with Crippen LogP contribution in [0.25, 0.3) is 27.5 Å². The molecule has 4 aromatic rings. The van der Waals surface area contributed by atoms with E-state index in [0.717, 1.165) is 63.4 Å².